The lowest BCUT2D eigenvalue weighted by atomic mass is 9.66. The second-order valence-electron chi connectivity index (χ2n) is 5.38. The van der Waals surface area contributed by atoms with Gasteiger partial charge in [-0.05, 0) is 36.5 Å². The predicted octanol–water partition coefficient (Wildman–Crippen LogP) is 3.22. The summed E-state index contributed by atoms with van der Waals surface area (Å²) in [5, 5.41) is 10.0. The maximum absolute atomic E-state index is 10.0. The summed E-state index contributed by atoms with van der Waals surface area (Å²) in [6.07, 6.45) is 4.66. The molecule has 3 atom stereocenters. The summed E-state index contributed by atoms with van der Waals surface area (Å²) in [4.78, 5) is 0. The van der Waals surface area contributed by atoms with Crippen LogP contribution in [0.1, 0.15) is 53.4 Å². The zero-order chi connectivity index (χ0) is 10.1. The first-order chi connectivity index (χ1) is 5.98. The minimum Gasteiger partial charge on any atom is -0.393 e. The Kier molecular flexibility index (Phi) is 3.39. The smallest absolute Gasteiger partial charge is 0.0576 e. The van der Waals surface area contributed by atoms with Crippen LogP contribution < -0.4 is 0 Å². The van der Waals surface area contributed by atoms with E-state index in [9.17, 15) is 5.11 Å². The van der Waals surface area contributed by atoms with Crippen LogP contribution in [0, 0.1) is 17.3 Å². The van der Waals surface area contributed by atoms with Gasteiger partial charge in [0.25, 0.3) is 0 Å². The Morgan fingerprint density at radius 3 is 2.46 bits per heavy atom. The molecule has 1 rings (SSSR count). The van der Waals surface area contributed by atoms with Crippen molar-refractivity contribution < 1.29 is 5.11 Å². The van der Waals surface area contributed by atoms with Crippen LogP contribution in [0.15, 0.2) is 0 Å². The maximum atomic E-state index is 10.0. The van der Waals surface area contributed by atoms with Crippen LogP contribution in [0.5, 0.6) is 0 Å². The van der Waals surface area contributed by atoms with Gasteiger partial charge < -0.3 is 5.11 Å². The van der Waals surface area contributed by atoms with E-state index in [1.165, 1.54) is 19.3 Å². The van der Waals surface area contributed by atoms with Crippen molar-refractivity contribution in [1.29, 1.82) is 0 Å². The van der Waals surface area contributed by atoms with Crippen LogP contribution in [0.2, 0.25) is 0 Å². The average molecular weight is 184 g/mol. The molecule has 0 spiro atoms. The van der Waals surface area contributed by atoms with Gasteiger partial charge in [-0.3, -0.25) is 0 Å². The Bertz CT molecular complexity index is 165. The van der Waals surface area contributed by atoms with Gasteiger partial charge in [0.15, 0.2) is 0 Å². The predicted molar refractivity (Wildman–Crippen MR) is 56.6 cm³/mol. The summed E-state index contributed by atoms with van der Waals surface area (Å²) >= 11 is 0. The van der Waals surface area contributed by atoms with E-state index in [2.05, 4.69) is 27.7 Å². The van der Waals surface area contributed by atoms with E-state index < -0.39 is 0 Å². The van der Waals surface area contributed by atoms with E-state index in [0.717, 1.165) is 6.42 Å². The highest BCUT2D eigenvalue weighted by molar-refractivity contribution is 4.87. The summed E-state index contributed by atoms with van der Waals surface area (Å²) in [5.41, 5.74) is 0.408. The summed E-state index contributed by atoms with van der Waals surface area (Å²) < 4.78 is 0. The molecule has 0 aromatic heterocycles. The van der Waals surface area contributed by atoms with E-state index in [-0.39, 0.29) is 6.10 Å². The van der Waals surface area contributed by atoms with Gasteiger partial charge in [-0.15, -0.1) is 0 Å². The van der Waals surface area contributed by atoms with Crippen molar-refractivity contribution in [3.8, 4) is 0 Å². The molecule has 0 saturated heterocycles. The second-order valence-corrected chi connectivity index (χ2v) is 5.38. The Morgan fingerprint density at radius 1 is 1.46 bits per heavy atom. The largest absolute Gasteiger partial charge is 0.393 e. The highest BCUT2D eigenvalue weighted by Gasteiger charge is 2.36. The fourth-order valence-electron chi connectivity index (χ4n) is 2.56. The molecule has 0 heterocycles. The fourth-order valence-corrected chi connectivity index (χ4v) is 2.56. The first-order valence-electron chi connectivity index (χ1n) is 5.66. The highest BCUT2D eigenvalue weighted by Crippen LogP contribution is 2.43. The molecule has 0 bridgehead atoms. The normalized spacial score (nSPS) is 41.1. The van der Waals surface area contributed by atoms with Crippen molar-refractivity contribution in [1.82, 2.24) is 0 Å². The van der Waals surface area contributed by atoms with Crippen molar-refractivity contribution in [2.24, 2.45) is 17.3 Å². The molecular formula is C12H24O. The van der Waals surface area contributed by atoms with Crippen molar-refractivity contribution in [2.45, 2.75) is 59.5 Å². The standard InChI is InChI=1S/C12H24O/c1-5-12(4)7-6-10(9(2)3)11(13)8-12/h9-11,13H,5-8H2,1-4H3. The number of aliphatic hydroxyl groups is 1. The van der Waals surface area contributed by atoms with Crippen molar-refractivity contribution in [3.05, 3.63) is 0 Å². The molecule has 1 N–H and O–H groups in total. The van der Waals surface area contributed by atoms with Gasteiger partial charge in [0.2, 0.25) is 0 Å². The lowest BCUT2D eigenvalue weighted by Gasteiger charge is -2.41. The fraction of sp³-hybridized carbons (Fsp3) is 1.00. The highest BCUT2D eigenvalue weighted by atomic mass is 16.3. The molecule has 1 aliphatic carbocycles. The van der Waals surface area contributed by atoms with Gasteiger partial charge in [0, 0.05) is 0 Å². The summed E-state index contributed by atoms with van der Waals surface area (Å²) in [5.74, 6) is 1.18. The van der Waals surface area contributed by atoms with E-state index in [1.807, 2.05) is 0 Å². The van der Waals surface area contributed by atoms with Gasteiger partial charge in [-0.1, -0.05) is 34.1 Å². The third-order valence-corrected chi connectivity index (χ3v) is 3.99. The number of aliphatic hydroxyl groups excluding tert-OH is 1. The molecule has 0 aliphatic heterocycles. The minimum absolute atomic E-state index is 0.0568. The SMILES string of the molecule is CCC1(C)CCC(C(C)C)C(O)C1. The molecule has 13 heavy (non-hydrogen) atoms. The minimum atomic E-state index is -0.0568. The van der Waals surface area contributed by atoms with E-state index in [0.29, 0.717) is 17.3 Å². The molecule has 0 amide bonds. The lowest BCUT2D eigenvalue weighted by molar-refractivity contribution is -0.0113. The number of rotatable bonds is 2. The monoisotopic (exact) mass is 184 g/mol. The van der Waals surface area contributed by atoms with Gasteiger partial charge in [-0.2, -0.15) is 0 Å². The molecule has 78 valence electrons. The lowest BCUT2D eigenvalue weighted by Crippen LogP contribution is -2.37. The van der Waals surface area contributed by atoms with Crippen LogP contribution >= 0.6 is 0 Å². The summed E-state index contributed by atoms with van der Waals surface area (Å²) in [7, 11) is 0. The third kappa shape index (κ3) is 2.46. The van der Waals surface area contributed by atoms with Crippen molar-refractivity contribution >= 4 is 0 Å². The Balaban J connectivity index is 2.56. The average Bonchev–Trinajstić information content (AvgIpc) is 2.03. The third-order valence-electron chi connectivity index (χ3n) is 3.99. The van der Waals surface area contributed by atoms with E-state index in [4.69, 9.17) is 0 Å². The van der Waals surface area contributed by atoms with Crippen LogP contribution in [-0.2, 0) is 0 Å². The Hall–Kier alpha value is -0.0400. The summed E-state index contributed by atoms with van der Waals surface area (Å²) in [6.45, 7) is 9.00. The molecule has 1 nitrogen and oxygen atoms in total. The van der Waals surface area contributed by atoms with Crippen LogP contribution in [-0.4, -0.2) is 11.2 Å². The van der Waals surface area contributed by atoms with Gasteiger partial charge in [0.1, 0.15) is 0 Å². The van der Waals surface area contributed by atoms with Crippen molar-refractivity contribution in [3.63, 3.8) is 0 Å². The zero-order valence-corrected chi connectivity index (χ0v) is 9.51. The molecule has 1 saturated carbocycles. The topological polar surface area (TPSA) is 20.2 Å². The molecule has 3 unspecified atom stereocenters. The maximum Gasteiger partial charge on any atom is 0.0576 e. The van der Waals surface area contributed by atoms with Gasteiger partial charge in [0.05, 0.1) is 6.10 Å². The van der Waals surface area contributed by atoms with Crippen molar-refractivity contribution in [2.75, 3.05) is 0 Å². The van der Waals surface area contributed by atoms with Crippen LogP contribution in [0.25, 0.3) is 0 Å². The zero-order valence-electron chi connectivity index (χ0n) is 9.51. The molecule has 0 aromatic carbocycles. The quantitative estimate of drug-likeness (QED) is 0.698. The molecular weight excluding hydrogens is 160 g/mol. The number of hydrogen-bond donors (Lipinski definition) is 1. The Labute approximate surface area is 82.5 Å². The van der Waals surface area contributed by atoms with Crippen LogP contribution in [0.3, 0.4) is 0 Å². The molecule has 0 radical (unpaired) electrons. The molecule has 0 aromatic rings. The molecule has 1 fully saturated rings. The number of hydrogen-bond acceptors (Lipinski definition) is 1. The van der Waals surface area contributed by atoms with E-state index >= 15 is 0 Å². The molecule has 1 aliphatic rings. The Morgan fingerprint density at radius 2 is 2.08 bits per heavy atom. The van der Waals surface area contributed by atoms with Gasteiger partial charge in [-0.25, -0.2) is 0 Å². The van der Waals surface area contributed by atoms with Crippen LogP contribution in [0.4, 0.5) is 0 Å². The first kappa shape index (κ1) is 11.0. The summed E-state index contributed by atoms with van der Waals surface area (Å²) in [6, 6.07) is 0. The van der Waals surface area contributed by atoms with Gasteiger partial charge >= 0.3 is 0 Å². The van der Waals surface area contributed by atoms with E-state index in [1.54, 1.807) is 0 Å². The first-order valence-corrected chi connectivity index (χ1v) is 5.66. The second kappa shape index (κ2) is 4.00. The molecule has 1 heteroatoms.